The molecule has 2 amide bonds. The van der Waals surface area contributed by atoms with E-state index < -0.39 is 29.6 Å². The van der Waals surface area contributed by atoms with Crippen LogP contribution in [0.15, 0.2) is 84.9 Å². The normalized spacial score (nSPS) is 23.3. The van der Waals surface area contributed by atoms with Gasteiger partial charge in [-0.2, -0.15) is 0 Å². The molecule has 7 rings (SSSR count). The van der Waals surface area contributed by atoms with Crippen molar-refractivity contribution < 1.29 is 23.9 Å². The Hall–Kier alpha value is -4.71. The predicted molar refractivity (Wildman–Crippen MR) is 152 cm³/mol. The van der Waals surface area contributed by atoms with Gasteiger partial charge in [-0.1, -0.05) is 66.2 Å². The summed E-state index contributed by atoms with van der Waals surface area (Å²) < 4.78 is 11.2. The minimum Gasteiger partial charge on any atom is -0.497 e. The Balaban J connectivity index is 1.46. The number of nitrogens with zero attached hydrogens (tertiary/aromatic N) is 1. The molecule has 1 fully saturated rings. The van der Waals surface area contributed by atoms with E-state index in [2.05, 4.69) is 0 Å². The van der Waals surface area contributed by atoms with E-state index in [1.165, 1.54) is 4.90 Å². The largest absolute Gasteiger partial charge is 0.497 e. The van der Waals surface area contributed by atoms with Crippen molar-refractivity contribution in [3.05, 3.63) is 107 Å². The molecule has 2 aliphatic heterocycles. The number of fused-ring (bicyclic) bond motifs is 7. The van der Waals surface area contributed by atoms with E-state index in [0.29, 0.717) is 17.2 Å². The number of benzene rings is 4. The van der Waals surface area contributed by atoms with Gasteiger partial charge in [-0.15, -0.1) is 0 Å². The van der Waals surface area contributed by atoms with Gasteiger partial charge >= 0.3 is 5.97 Å². The number of anilines is 1. The molecule has 4 aromatic rings. The molecule has 1 aliphatic carbocycles. The number of aryl methyl sites for hydroxylation is 2. The van der Waals surface area contributed by atoms with Gasteiger partial charge in [0.25, 0.3) is 0 Å². The number of ether oxygens (including phenoxy) is 2. The zero-order valence-electron chi connectivity index (χ0n) is 22.4. The van der Waals surface area contributed by atoms with E-state index in [9.17, 15) is 14.4 Å². The predicted octanol–water partition coefficient (Wildman–Crippen LogP) is 5.99. The standard InChI is InChI=1S/C34H27NO5/c1-18-8-14-26(19(2)16-18)35-32(36)29-24(21-9-12-22(39-3)13-10-21)17-25-28-23-7-5-4-6-20(23)11-15-27(28)40-34(38)30(25)31(29)33(35)37/h4-17,24,29-31H,1-3H3/t24-,29-,30-,31-/m0/s1. The van der Waals surface area contributed by atoms with Crippen LogP contribution in [-0.2, 0) is 14.4 Å². The van der Waals surface area contributed by atoms with Crippen LogP contribution in [0, 0.1) is 31.6 Å². The maximum absolute atomic E-state index is 14.3. The van der Waals surface area contributed by atoms with E-state index in [4.69, 9.17) is 9.47 Å². The van der Waals surface area contributed by atoms with Crippen molar-refractivity contribution in [1.29, 1.82) is 0 Å². The average Bonchev–Trinajstić information content (AvgIpc) is 3.22. The molecule has 4 atom stereocenters. The highest BCUT2D eigenvalue weighted by molar-refractivity contribution is 6.25. The average molecular weight is 530 g/mol. The summed E-state index contributed by atoms with van der Waals surface area (Å²) in [6.07, 6.45) is 2.02. The third kappa shape index (κ3) is 3.45. The number of esters is 1. The molecule has 0 bridgehead atoms. The molecule has 0 radical (unpaired) electrons. The smallest absolute Gasteiger partial charge is 0.319 e. The van der Waals surface area contributed by atoms with Crippen LogP contribution < -0.4 is 14.4 Å². The second kappa shape index (κ2) is 8.91. The summed E-state index contributed by atoms with van der Waals surface area (Å²) in [5.74, 6) is -2.94. The van der Waals surface area contributed by atoms with Crippen LogP contribution in [0.25, 0.3) is 16.3 Å². The van der Waals surface area contributed by atoms with Crippen LogP contribution in [-0.4, -0.2) is 24.9 Å². The molecule has 6 nitrogen and oxygen atoms in total. The summed E-state index contributed by atoms with van der Waals surface area (Å²) in [5.41, 5.74) is 4.86. The number of rotatable bonds is 3. The van der Waals surface area contributed by atoms with Gasteiger partial charge in [0.1, 0.15) is 11.5 Å². The van der Waals surface area contributed by atoms with Gasteiger partial charge < -0.3 is 9.47 Å². The molecule has 2 heterocycles. The number of carbonyl (C=O) groups is 3. The minimum atomic E-state index is -0.889. The summed E-state index contributed by atoms with van der Waals surface area (Å²) in [6, 6.07) is 24.9. The Morgan fingerprint density at radius 1 is 0.825 bits per heavy atom. The zero-order chi connectivity index (χ0) is 27.7. The first kappa shape index (κ1) is 24.3. The molecule has 1 saturated heterocycles. The molecule has 40 heavy (non-hydrogen) atoms. The van der Waals surface area contributed by atoms with Gasteiger partial charge in [0.2, 0.25) is 11.8 Å². The van der Waals surface area contributed by atoms with Gasteiger partial charge in [-0.3, -0.25) is 14.4 Å². The molecule has 6 heteroatoms. The molecular weight excluding hydrogens is 502 g/mol. The highest BCUT2D eigenvalue weighted by Gasteiger charge is 2.60. The number of methoxy groups -OCH3 is 1. The van der Waals surface area contributed by atoms with Gasteiger partial charge in [-0.05, 0) is 65.6 Å². The SMILES string of the molecule is COc1ccc([C@@H]2C=C3c4c(ccc5ccccc45)OC(=O)[C@@H]3[C@H]3C(=O)N(c4ccc(C)cc4C)C(=O)[C@H]32)cc1. The number of allylic oxidation sites excluding steroid dienone is 1. The van der Waals surface area contributed by atoms with Crippen molar-refractivity contribution >= 4 is 39.8 Å². The number of imide groups is 1. The molecule has 0 aromatic heterocycles. The van der Waals surface area contributed by atoms with E-state index in [0.717, 1.165) is 38.6 Å². The minimum absolute atomic E-state index is 0.297. The number of hydrogen-bond donors (Lipinski definition) is 0. The van der Waals surface area contributed by atoms with Crippen molar-refractivity contribution in [3.63, 3.8) is 0 Å². The Kier molecular flexibility index (Phi) is 5.42. The Morgan fingerprint density at radius 2 is 1.57 bits per heavy atom. The molecule has 0 unspecified atom stereocenters. The van der Waals surface area contributed by atoms with Crippen molar-refractivity contribution in [2.24, 2.45) is 17.8 Å². The summed E-state index contributed by atoms with van der Waals surface area (Å²) in [5, 5.41) is 1.95. The van der Waals surface area contributed by atoms with Crippen LogP contribution in [0.5, 0.6) is 11.5 Å². The fourth-order valence-corrected chi connectivity index (χ4v) is 6.78. The maximum Gasteiger partial charge on any atom is 0.319 e. The second-order valence-corrected chi connectivity index (χ2v) is 10.8. The highest BCUT2D eigenvalue weighted by Crippen LogP contribution is 2.56. The first-order chi connectivity index (χ1) is 19.4. The summed E-state index contributed by atoms with van der Waals surface area (Å²) in [4.78, 5) is 43.5. The molecule has 0 spiro atoms. The van der Waals surface area contributed by atoms with Crippen molar-refractivity contribution in [2.75, 3.05) is 12.0 Å². The molecule has 198 valence electrons. The fraction of sp³-hybridized carbons (Fsp3) is 0.206. The second-order valence-electron chi connectivity index (χ2n) is 10.8. The van der Waals surface area contributed by atoms with E-state index >= 15 is 0 Å². The Labute approximate surface area is 231 Å². The number of amides is 2. The lowest BCUT2D eigenvalue weighted by molar-refractivity contribution is -0.142. The lowest BCUT2D eigenvalue weighted by atomic mass is 9.64. The summed E-state index contributed by atoms with van der Waals surface area (Å²) in [6.45, 7) is 3.87. The summed E-state index contributed by atoms with van der Waals surface area (Å²) >= 11 is 0. The third-order valence-corrected chi connectivity index (χ3v) is 8.58. The van der Waals surface area contributed by atoms with Crippen molar-refractivity contribution in [2.45, 2.75) is 19.8 Å². The Bertz CT molecular complexity index is 1770. The van der Waals surface area contributed by atoms with E-state index in [1.54, 1.807) is 7.11 Å². The first-order valence-corrected chi connectivity index (χ1v) is 13.4. The molecular formula is C34H27NO5. The monoisotopic (exact) mass is 529 g/mol. The number of hydrogen-bond acceptors (Lipinski definition) is 5. The van der Waals surface area contributed by atoms with Crippen LogP contribution in [0.3, 0.4) is 0 Å². The zero-order valence-corrected chi connectivity index (χ0v) is 22.4. The van der Waals surface area contributed by atoms with Gasteiger partial charge in [0.05, 0.1) is 30.6 Å². The fourth-order valence-electron chi connectivity index (χ4n) is 6.78. The van der Waals surface area contributed by atoms with E-state index in [-0.39, 0.29) is 11.8 Å². The lowest BCUT2D eigenvalue weighted by Crippen LogP contribution is -2.42. The number of carbonyl (C=O) groups excluding carboxylic acids is 3. The van der Waals surface area contributed by atoms with Gasteiger partial charge in [0.15, 0.2) is 0 Å². The van der Waals surface area contributed by atoms with E-state index in [1.807, 2.05) is 98.8 Å². The highest BCUT2D eigenvalue weighted by atomic mass is 16.5. The van der Waals surface area contributed by atoms with Crippen LogP contribution in [0.4, 0.5) is 5.69 Å². The van der Waals surface area contributed by atoms with Crippen molar-refractivity contribution in [1.82, 2.24) is 0 Å². The van der Waals surface area contributed by atoms with Crippen LogP contribution >= 0.6 is 0 Å². The molecule has 4 aromatic carbocycles. The van der Waals surface area contributed by atoms with Gasteiger partial charge in [0, 0.05) is 11.5 Å². The first-order valence-electron chi connectivity index (χ1n) is 13.4. The quantitative estimate of drug-likeness (QED) is 0.185. The summed E-state index contributed by atoms with van der Waals surface area (Å²) in [7, 11) is 1.61. The van der Waals surface area contributed by atoms with Crippen LogP contribution in [0.1, 0.15) is 28.2 Å². The molecule has 0 saturated carbocycles. The maximum atomic E-state index is 14.3. The third-order valence-electron chi connectivity index (χ3n) is 8.58. The van der Waals surface area contributed by atoms with Crippen LogP contribution in [0.2, 0.25) is 0 Å². The lowest BCUT2D eigenvalue weighted by Gasteiger charge is -2.38. The topological polar surface area (TPSA) is 72.9 Å². The van der Waals surface area contributed by atoms with Gasteiger partial charge in [-0.25, -0.2) is 4.90 Å². The molecule has 0 N–H and O–H groups in total. The Morgan fingerprint density at radius 3 is 2.33 bits per heavy atom. The van der Waals surface area contributed by atoms with Crippen molar-refractivity contribution in [3.8, 4) is 11.5 Å². The molecule has 3 aliphatic rings.